The fourth-order valence-corrected chi connectivity index (χ4v) is 1.53. The van der Waals surface area contributed by atoms with Gasteiger partial charge in [-0.25, -0.2) is 13.8 Å². The summed E-state index contributed by atoms with van der Waals surface area (Å²) in [6, 6.07) is 6.14. The minimum Gasteiger partial charge on any atom is -0.438 e. The SMILES string of the molecule is C[C@@H](N)c1cccnc1Oc1cc(F)cc(F)c1. The number of hydrogen-bond donors (Lipinski definition) is 1. The van der Waals surface area contributed by atoms with E-state index >= 15 is 0 Å². The summed E-state index contributed by atoms with van der Waals surface area (Å²) in [6.45, 7) is 1.77. The van der Waals surface area contributed by atoms with Crippen LogP contribution in [0.4, 0.5) is 8.78 Å². The molecule has 1 heterocycles. The smallest absolute Gasteiger partial charge is 0.223 e. The number of halogens is 2. The molecule has 0 saturated heterocycles. The predicted molar refractivity (Wildman–Crippen MR) is 63.3 cm³/mol. The molecule has 1 atom stereocenters. The van der Waals surface area contributed by atoms with Crippen LogP contribution in [0.5, 0.6) is 11.6 Å². The monoisotopic (exact) mass is 250 g/mol. The Morgan fingerprint density at radius 3 is 2.50 bits per heavy atom. The molecule has 0 unspecified atom stereocenters. The Labute approximate surface area is 103 Å². The maximum absolute atomic E-state index is 13.0. The topological polar surface area (TPSA) is 48.1 Å². The number of ether oxygens (including phenoxy) is 1. The predicted octanol–water partition coefficient (Wildman–Crippen LogP) is 3.17. The van der Waals surface area contributed by atoms with Crippen molar-refractivity contribution < 1.29 is 13.5 Å². The fraction of sp³-hybridized carbons (Fsp3) is 0.154. The lowest BCUT2D eigenvalue weighted by atomic mass is 10.1. The van der Waals surface area contributed by atoms with E-state index in [0.29, 0.717) is 5.56 Å². The largest absolute Gasteiger partial charge is 0.438 e. The highest BCUT2D eigenvalue weighted by Crippen LogP contribution is 2.27. The van der Waals surface area contributed by atoms with Gasteiger partial charge in [0.1, 0.15) is 17.4 Å². The van der Waals surface area contributed by atoms with Crippen LogP contribution in [0.3, 0.4) is 0 Å². The summed E-state index contributed by atoms with van der Waals surface area (Å²) in [6.07, 6.45) is 1.52. The molecule has 2 N–H and O–H groups in total. The molecule has 94 valence electrons. The number of rotatable bonds is 3. The molecule has 2 aromatic rings. The first-order valence-electron chi connectivity index (χ1n) is 5.40. The van der Waals surface area contributed by atoms with E-state index in [4.69, 9.17) is 10.5 Å². The van der Waals surface area contributed by atoms with Gasteiger partial charge in [-0.15, -0.1) is 0 Å². The van der Waals surface area contributed by atoms with Crippen LogP contribution < -0.4 is 10.5 Å². The van der Waals surface area contributed by atoms with E-state index < -0.39 is 11.6 Å². The van der Waals surface area contributed by atoms with Gasteiger partial charge in [0, 0.05) is 36.0 Å². The van der Waals surface area contributed by atoms with E-state index in [1.54, 1.807) is 19.1 Å². The van der Waals surface area contributed by atoms with E-state index in [0.717, 1.165) is 18.2 Å². The standard InChI is InChI=1S/C13H12F2N2O/c1-8(16)12-3-2-4-17-13(12)18-11-6-9(14)5-10(15)7-11/h2-8H,16H2,1H3/t8-/m1/s1. The lowest BCUT2D eigenvalue weighted by Gasteiger charge is -2.12. The highest BCUT2D eigenvalue weighted by Gasteiger charge is 2.11. The molecule has 5 heteroatoms. The Hall–Kier alpha value is -2.01. The van der Waals surface area contributed by atoms with Crippen LogP contribution in [0.1, 0.15) is 18.5 Å². The van der Waals surface area contributed by atoms with Gasteiger partial charge in [-0.05, 0) is 13.0 Å². The van der Waals surface area contributed by atoms with Gasteiger partial charge in [-0.3, -0.25) is 0 Å². The van der Waals surface area contributed by atoms with Gasteiger partial charge in [0.05, 0.1) is 0 Å². The molecule has 0 aliphatic carbocycles. The second-order valence-corrected chi connectivity index (χ2v) is 3.89. The van der Waals surface area contributed by atoms with Gasteiger partial charge < -0.3 is 10.5 Å². The summed E-state index contributed by atoms with van der Waals surface area (Å²) in [5.41, 5.74) is 6.43. The number of nitrogens with two attached hydrogens (primary N) is 1. The third-order valence-electron chi connectivity index (χ3n) is 2.34. The molecule has 0 fully saturated rings. The van der Waals surface area contributed by atoms with Crippen molar-refractivity contribution in [3.8, 4) is 11.6 Å². The summed E-state index contributed by atoms with van der Waals surface area (Å²) >= 11 is 0. The van der Waals surface area contributed by atoms with Gasteiger partial charge in [-0.2, -0.15) is 0 Å². The van der Waals surface area contributed by atoms with E-state index in [1.807, 2.05) is 0 Å². The molecule has 3 nitrogen and oxygen atoms in total. The molecular weight excluding hydrogens is 238 g/mol. The van der Waals surface area contributed by atoms with Gasteiger partial charge in [0.25, 0.3) is 0 Å². The van der Waals surface area contributed by atoms with E-state index in [-0.39, 0.29) is 17.7 Å². The summed E-state index contributed by atoms with van der Waals surface area (Å²) in [5.74, 6) is -1.11. The Morgan fingerprint density at radius 2 is 1.89 bits per heavy atom. The van der Waals surface area contributed by atoms with Crippen LogP contribution >= 0.6 is 0 Å². The number of benzene rings is 1. The minimum atomic E-state index is -0.705. The van der Waals surface area contributed by atoms with Crippen LogP contribution in [0.25, 0.3) is 0 Å². The summed E-state index contributed by atoms with van der Waals surface area (Å²) in [4.78, 5) is 4.01. The van der Waals surface area contributed by atoms with Crippen molar-refractivity contribution in [3.05, 3.63) is 53.7 Å². The molecule has 1 aromatic carbocycles. The van der Waals surface area contributed by atoms with Crippen LogP contribution in [0.15, 0.2) is 36.5 Å². The lowest BCUT2D eigenvalue weighted by Crippen LogP contribution is -2.07. The molecule has 1 aromatic heterocycles. The van der Waals surface area contributed by atoms with Gasteiger partial charge in [0.15, 0.2) is 0 Å². The third kappa shape index (κ3) is 2.81. The minimum absolute atomic E-state index is 0.0492. The fourth-order valence-electron chi connectivity index (χ4n) is 1.53. The molecule has 0 radical (unpaired) electrons. The van der Waals surface area contributed by atoms with Crippen molar-refractivity contribution in [2.45, 2.75) is 13.0 Å². The molecule has 0 spiro atoms. The summed E-state index contributed by atoms with van der Waals surface area (Å²) in [5, 5.41) is 0. The molecular formula is C13H12F2N2O. The molecule has 18 heavy (non-hydrogen) atoms. The van der Waals surface area contributed by atoms with Crippen LogP contribution in [0.2, 0.25) is 0 Å². The highest BCUT2D eigenvalue weighted by atomic mass is 19.1. The van der Waals surface area contributed by atoms with Crippen molar-refractivity contribution in [1.82, 2.24) is 4.98 Å². The van der Waals surface area contributed by atoms with Crippen molar-refractivity contribution >= 4 is 0 Å². The van der Waals surface area contributed by atoms with E-state index in [2.05, 4.69) is 4.98 Å². The first kappa shape index (κ1) is 12.4. The number of aromatic nitrogens is 1. The number of nitrogens with zero attached hydrogens (tertiary/aromatic N) is 1. The van der Waals surface area contributed by atoms with Crippen LogP contribution in [-0.4, -0.2) is 4.98 Å². The molecule has 0 saturated carbocycles. The number of pyridine rings is 1. The Balaban J connectivity index is 2.34. The molecule has 0 aliphatic rings. The number of hydrogen-bond acceptors (Lipinski definition) is 3. The first-order valence-corrected chi connectivity index (χ1v) is 5.40. The van der Waals surface area contributed by atoms with E-state index in [1.165, 1.54) is 6.20 Å². The molecule has 2 rings (SSSR count). The maximum atomic E-state index is 13.0. The van der Waals surface area contributed by atoms with E-state index in [9.17, 15) is 8.78 Å². The molecule has 0 aliphatic heterocycles. The first-order chi connectivity index (χ1) is 8.56. The average molecular weight is 250 g/mol. The highest BCUT2D eigenvalue weighted by molar-refractivity contribution is 5.34. The Kier molecular flexibility index (Phi) is 3.53. The van der Waals surface area contributed by atoms with Crippen molar-refractivity contribution in [2.24, 2.45) is 5.73 Å². The maximum Gasteiger partial charge on any atom is 0.223 e. The molecule has 0 amide bonds. The Morgan fingerprint density at radius 1 is 1.22 bits per heavy atom. The second kappa shape index (κ2) is 5.10. The second-order valence-electron chi connectivity index (χ2n) is 3.89. The van der Waals surface area contributed by atoms with Gasteiger partial charge in [-0.1, -0.05) is 6.07 Å². The Bertz CT molecular complexity index is 538. The zero-order valence-corrected chi connectivity index (χ0v) is 9.73. The van der Waals surface area contributed by atoms with Crippen molar-refractivity contribution in [1.29, 1.82) is 0 Å². The summed E-state index contributed by atoms with van der Waals surface area (Å²) in [7, 11) is 0. The summed E-state index contributed by atoms with van der Waals surface area (Å²) < 4.78 is 31.4. The van der Waals surface area contributed by atoms with Crippen molar-refractivity contribution in [2.75, 3.05) is 0 Å². The van der Waals surface area contributed by atoms with Gasteiger partial charge in [0.2, 0.25) is 5.88 Å². The lowest BCUT2D eigenvalue weighted by molar-refractivity contribution is 0.442. The third-order valence-corrected chi connectivity index (χ3v) is 2.34. The quantitative estimate of drug-likeness (QED) is 0.910. The normalized spacial score (nSPS) is 12.2. The van der Waals surface area contributed by atoms with Crippen molar-refractivity contribution in [3.63, 3.8) is 0 Å². The van der Waals surface area contributed by atoms with Crippen LogP contribution in [-0.2, 0) is 0 Å². The zero-order valence-electron chi connectivity index (χ0n) is 9.73. The van der Waals surface area contributed by atoms with Gasteiger partial charge >= 0.3 is 0 Å². The average Bonchev–Trinajstić information content (AvgIpc) is 2.27. The molecule has 0 bridgehead atoms. The van der Waals surface area contributed by atoms with Crippen LogP contribution in [0, 0.1) is 11.6 Å². The zero-order chi connectivity index (χ0) is 13.1.